The summed E-state index contributed by atoms with van der Waals surface area (Å²) in [6, 6.07) is 7.87. The number of hydrogen-bond acceptors (Lipinski definition) is 3. The molecule has 0 bridgehead atoms. The molecule has 1 fully saturated rings. The zero-order chi connectivity index (χ0) is 15.4. The molecular formula is C17H28BrN3. The number of benzene rings is 1. The van der Waals surface area contributed by atoms with Crippen LogP contribution in [0.4, 0.5) is 5.69 Å². The average molecular weight is 354 g/mol. The van der Waals surface area contributed by atoms with Crippen molar-refractivity contribution < 1.29 is 0 Å². The normalized spacial score (nSPS) is 20.3. The summed E-state index contributed by atoms with van der Waals surface area (Å²) in [6.45, 7) is 7.76. The van der Waals surface area contributed by atoms with Crippen LogP contribution in [0.25, 0.3) is 0 Å². The first-order valence-corrected chi connectivity index (χ1v) is 8.76. The van der Waals surface area contributed by atoms with Crippen molar-refractivity contribution in [3.63, 3.8) is 0 Å². The summed E-state index contributed by atoms with van der Waals surface area (Å²) >= 11 is 3.77. The Morgan fingerprint density at radius 2 is 2.19 bits per heavy atom. The molecular weight excluding hydrogens is 326 g/mol. The fourth-order valence-electron chi connectivity index (χ4n) is 2.91. The fourth-order valence-corrected chi connectivity index (χ4v) is 3.56. The van der Waals surface area contributed by atoms with Crippen LogP contribution in [-0.4, -0.2) is 44.7 Å². The van der Waals surface area contributed by atoms with Crippen molar-refractivity contribution in [1.29, 1.82) is 0 Å². The van der Waals surface area contributed by atoms with Gasteiger partial charge in [0.25, 0.3) is 0 Å². The largest absolute Gasteiger partial charge is 0.369 e. The summed E-state index contributed by atoms with van der Waals surface area (Å²) < 4.78 is 1.21. The smallest absolute Gasteiger partial charge is 0.0511 e. The summed E-state index contributed by atoms with van der Waals surface area (Å²) in [4.78, 5) is 4.82. The third-order valence-electron chi connectivity index (χ3n) is 4.41. The van der Waals surface area contributed by atoms with Crippen LogP contribution in [0.3, 0.4) is 0 Å². The topological polar surface area (TPSA) is 18.5 Å². The molecule has 1 N–H and O–H groups in total. The molecule has 118 valence electrons. The van der Waals surface area contributed by atoms with Gasteiger partial charge >= 0.3 is 0 Å². The minimum Gasteiger partial charge on any atom is -0.369 e. The Kier molecular flexibility index (Phi) is 6.08. The predicted molar refractivity (Wildman–Crippen MR) is 95.2 cm³/mol. The average Bonchev–Trinajstić information content (AvgIpc) is 2.94. The minimum atomic E-state index is 0.406. The molecule has 0 aromatic heterocycles. The van der Waals surface area contributed by atoms with E-state index in [9.17, 15) is 0 Å². The van der Waals surface area contributed by atoms with Crippen molar-refractivity contribution >= 4 is 21.6 Å². The van der Waals surface area contributed by atoms with Crippen LogP contribution < -0.4 is 10.2 Å². The van der Waals surface area contributed by atoms with Gasteiger partial charge in [0.2, 0.25) is 0 Å². The van der Waals surface area contributed by atoms with Crippen molar-refractivity contribution in [2.45, 2.75) is 38.8 Å². The summed E-state index contributed by atoms with van der Waals surface area (Å²) in [6.07, 6.45) is 2.42. The van der Waals surface area contributed by atoms with Crippen LogP contribution in [0, 0.1) is 0 Å². The fraction of sp³-hybridized carbons (Fsp3) is 0.647. The van der Waals surface area contributed by atoms with Crippen LogP contribution in [0.1, 0.15) is 38.3 Å². The van der Waals surface area contributed by atoms with Crippen molar-refractivity contribution in [2.24, 2.45) is 0 Å². The van der Waals surface area contributed by atoms with Gasteiger partial charge < -0.3 is 15.1 Å². The summed E-state index contributed by atoms with van der Waals surface area (Å²) in [5.41, 5.74) is 2.67. The number of nitrogens with one attached hydrogen (secondary N) is 1. The SMILES string of the molecule is CCCNC(C)c1ccc(N2CCC(N(C)C)C2)c(Br)c1. The number of nitrogens with zero attached hydrogens (tertiary/aromatic N) is 2. The second-order valence-corrected chi connectivity index (χ2v) is 7.09. The number of likely N-dealkylation sites (N-methyl/N-ethyl adjacent to an activating group) is 1. The van der Waals surface area contributed by atoms with Crippen LogP contribution in [0.5, 0.6) is 0 Å². The lowest BCUT2D eigenvalue weighted by atomic mass is 10.1. The van der Waals surface area contributed by atoms with Crippen LogP contribution >= 0.6 is 15.9 Å². The molecule has 3 nitrogen and oxygen atoms in total. The zero-order valence-electron chi connectivity index (χ0n) is 13.7. The van der Waals surface area contributed by atoms with Gasteiger partial charge in [0.1, 0.15) is 0 Å². The Morgan fingerprint density at radius 1 is 1.43 bits per heavy atom. The Balaban J connectivity index is 2.06. The lowest BCUT2D eigenvalue weighted by Gasteiger charge is -2.24. The third kappa shape index (κ3) is 4.21. The highest BCUT2D eigenvalue weighted by atomic mass is 79.9. The lowest BCUT2D eigenvalue weighted by Crippen LogP contribution is -2.31. The highest BCUT2D eigenvalue weighted by molar-refractivity contribution is 9.10. The van der Waals surface area contributed by atoms with Crippen molar-refractivity contribution in [3.8, 4) is 0 Å². The lowest BCUT2D eigenvalue weighted by molar-refractivity contribution is 0.315. The highest BCUT2D eigenvalue weighted by Crippen LogP contribution is 2.32. The van der Waals surface area contributed by atoms with Gasteiger partial charge in [-0.05, 0) is 74.0 Å². The van der Waals surface area contributed by atoms with Crippen molar-refractivity contribution in [1.82, 2.24) is 10.2 Å². The van der Waals surface area contributed by atoms with E-state index in [-0.39, 0.29) is 0 Å². The summed E-state index contributed by atoms with van der Waals surface area (Å²) in [7, 11) is 4.35. The maximum absolute atomic E-state index is 3.77. The van der Waals surface area contributed by atoms with Gasteiger partial charge in [-0.25, -0.2) is 0 Å². The maximum atomic E-state index is 3.77. The number of halogens is 1. The quantitative estimate of drug-likeness (QED) is 0.841. The van der Waals surface area contributed by atoms with Gasteiger partial charge in [-0.1, -0.05) is 13.0 Å². The first-order valence-electron chi connectivity index (χ1n) is 7.97. The third-order valence-corrected chi connectivity index (χ3v) is 5.04. The number of anilines is 1. The van der Waals surface area contributed by atoms with E-state index in [2.05, 4.69) is 77.2 Å². The number of hydrogen-bond donors (Lipinski definition) is 1. The van der Waals surface area contributed by atoms with Gasteiger partial charge in [-0.2, -0.15) is 0 Å². The molecule has 4 heteroatoms. The molecule has 0 saturated carbocycles. The molecule has 1 aliphatic heterocycles. The van der Waals surface area contributed by atoms with Gasteiger partial charge in [0, 0.05) is 29.6 Å². The molecule has 0 spiro atoms. The van der Waals surface area contributed by atoms with Crippen LogP contribution in [0.2, 0.25) is 0 Å². The van der Waals surface area contributed by atoms with Crippen LogP contribution in [-0.2, 0) is 0 Å². The first-order chi connectivity index (χ1) is 10.0. The monoisotopic (exact) mass is 353 g/mol. The highest BCUT2D eigenvalue weighted by Gasteiger charge is 2.25. The molecule has 0 aliphatic carbocycles. The molecule has 0 radical (unpaired) electrons. The summed E-state index contributed by atoms with van der Waals surface area (Å²) in [5, 5.41) is 3.55. The van der Waals surface area contributed by atoms with Gasteiger partial charge in [-0.15, -0.1) is 0 Å². The van der Waals surface area contributed by atoms with E-state index in [0.717, 1.165) is 19.6 Å². The van der Waals surface area contributed by atoms with E-state index < -0.39 is 0 Å². The standard InChI is InChI=1S/C17H28BrN3/c1-5-9-19-13(2)14-6-7-17(16(18)11-14)21-10-8-15(12-21)20(3)4/h6-7,11,13,15,19H,5,8-10,12H2,1-4H3. The van der Waals surface area contributed by atoms with E-state index >= 15 is 0 Å². The van der Waals surface area contributed by atoms with E-state index in [1.165, 1.54) is 28.6 Å². The molecule has 21 heavy (non-hydrogen) atoms. The molecule has 2 atom stereocenters. The number of rotatable bonds is 6. The molecule has 1 aromatic carbocycles. The molecule has 2 unspecified atom stereocenters. The predicted octanol–water partition coefficient (Wildman–Crippen LogP) is 3.65. The molecule has 2 rings (SSSR count). The van der Waals surface area contributed by atoms with Gasteiger partial charge in [0.15, 0.2) is 0 Å². The molecule has 1 aromatic rings. The van der Waals surface area contributed by atoms with Gasteiger partial charge in [0.05, 0.1) is 5.69 Å². The zero-order valence-corrected chi connectivity index (χ0v) is 15.3. The second kappa shape index (κ2) is 7.61. The Labute approximate surface area is 137 Å². The van der Waals surface area contributed by atoms with E-state index in [4.69, 9.17) is 0 Å². The second-order valence-electron chi connectivity index (χ2n) is 6.24. The van der Waals surface area contributed by atoms with E-state index in [1.54, 1.807) is 0 Å². The first kappa shape index (κ1) is 16.8. The molecule has 1 saturated heterocycles. The molecule has 1 aliphatic rings. The Hall–Kier alpha value is -0.580. The summed E-state index contributed by atoms with van der Waals surface area (Å²) in [5.74, 6) is 0. The Bertz CT molecular complexity index is 461. The van der Waals surface area contributed by atoms with Crippen LogP contribution in [0.15, 0.2) is 22.7 Å². The van der Waals surface area contributed by atoms with E-state index in [1.807, 2.05) is 0 Å². The van der Waals surface area contributed by atoms with E-state index in [0.29, 0.717) is 12.1 Å². The Morgan fingerprint density at radius 3 is 2.76 bits per heavy atom. The minimum absolute atomic E-state index is 0.406. The molecule has 1 heterocycles. The van der Waals surface area contributed by atoms with Crippen molar-refractivity contribution in [2.75, 3.05) is 38.6 Å². The van der Waals surface area contributed by atoms with Gasteiger partial charge in [-0.3, -0.25) is 0 Å². The maximum Gasteiger partial charge on any atom is 0.0511 e. The van der Waals surface area contributed by atoms with Crippen molar-refractivity contribution in [3.05, 3.63) is 28.2 Å². The molecule has 0 amide bonds.